The number of alkyl halides is 6. The lowest BCUT2D eigenvalue weighted by molar-refractivity contribution is -0.138. The molecule has 0 aliphatic heterocycles. The SMILES string of the molecule is N#Cc1cc(NC(=O)NC2CC(Oc3ccc(C(F)(F)F)cc3)C2)cc(C(F)(F)F)c1. The number of rotatable bonds is 4. The van der Waals surface area contributed by atoms with Crippen LogP contribution in [0.4, 0.5) is 36.8 Å². The molecule has 5 nitrogen and oxygen atoms in total. The van der Waals surface area contributed by atoms with Crippen molar-refractivity contribution in [3.8, 4) is 11.8 Å². The molecule has 0 spiro atoms. The number of carbonyl (C=O) groups excluding carboxylic acids is 1. The zero-order valence-corrected chi connectivity index (χ0v) is 15.6. The van der Waals surface area contributed by atoms with E-state index in [-0.39, 0.29) is 29.1 Å². The van der Waals surface area contributed by atoms with E-state index in [1.807, 2.05) is 0 Å². The first-order chi connectivity index (χ1) is 14.4. The van der Waals surface area contributed by atoms with Gasteiger partial charge >= 0.3 is 18.4 Å². The maximum Gasteiger partial charge on any atom is 0.416 e. The van der Waals surface area contributed by atoms with Gasteiger partial charge in [-0.3, -0.25) is 0 Å². The molecule has 1 aliphatic carbocycles. The minimum atomic E-state index is -4.67. The highest BCUT2D eigenvalue weighted by molar-refractivity contribution is 5.89. The number of benzene rings is 2. The molecular weight excluding hydrogens is 428 g/mol. The lowest BCUT2D eigenvalue weighted by Crippen LogP contribution is -2.50. The van der Waals surface area contributed by atoms with E-state index in [0.717, 1.165) is 24.3 Å². The van der Waals surface area contributed by atoms with Crippen molar-refractivity contribution in [3.05, 3.63) is 59.2 Å². The standard InChI is InChI=1S/C20H15F6N3O2/c21-19(22,23)12-1-3-16(4-2-12)31-17-8-15(9-17)29-18(30)28-14-6-11(10-27)5-13(7-14)20(24,25)26/h1-7,15,17H,8-9H2,(H2,28,29,30). The Labute approximate surface area is 172 Å². The van der Waals surface area contributed by atoms with E-state index in [1.165, 1.54) is 12.1 Å². The average molecular weight is 443 g/mol. The van der Waals surface area contributed by atoms with Crippen LogP contribution in [-0.4, -0.2) is 18.2 Å². The minimum absolute atomic E-state index is 0.180. The van der Waals surface area contributed by atoms with Gasteiger partial charge in [-0.2, -0.15) is 31.6 Å². The normalized spacial score (nSPS) is 18.5. The lowest BCUT2D eigenvalue weighted by Gasteiger charge is -2.35. The number of anilines is 1. The molecule has 164 valence electrons. The van der Waals surface area contributed by atoms with Crippen LogP contribution in [0, 0.1) is 11.3 Å². The molecule has 0 radical (unpaired) electrons. The van der Waals surface area contributed by atoms with Crippen molar-refractivity contribution in [1.29, 1.82) is 5.26 Å². The lowest BCUT2D eigenvalue weighted by atomic mass is 9.89. The van der Waals surface area contributed by atoms with Gasteiger partial charge in [0.2, 0.25) is 0 Å². The molecule has 0 unspecified atom stereocenters. The summed E-state index contributed by atoms with van der Waals surface area (Å²) in [4.78, 5) is 12.0. The molecule has 0 atom stereocenters. The van der Waals surface area contributed by atoms with Crippen molar-refractivity contribution in [2.24, 2.45) is 0 Å². The monoisotopic (exact) mass is 443 g/mol. The van der Waals surface area contributed by atoms with Gasteiger partial charge in [-0.1, -0.05) is 0 Å². The largest absolute Gasteiger partial charge is 0.490 e. The van der Waals surface area contributed by atoms with Crippen LogP contribution in [0.5, 0.6) is 5.75 Å². The number of halogens is 6. The second-order valence-electron chi connectivity index (χ2n) is 6.94. The number of hydrogen-bond donors (Lipinski definition) is 2. The number of carbonyl (C=O) groups is 1. The highest BCUT2D eigenvalue weighted by atomic mass is 19.4. The summed E-state index contributed by atoms with van der Waals surface area (Å²) in [6.07, 6.45) is -8.68. The molecule has 2 aromatic carbocycles. The predicted octanol–water partition coefficient (Wildman–Crippen LogP) is 5.33. The molecule has 3 rings (SSSR count). The summed E-state index contributed by atoms with van der Waals surface area (Å²) in [7, 11) is 0. The predicted molar refractivity (Wildman–Crippen MR) is 97.2 cm³/mol. The van der Waals surface area contributed by atoms with Crippen LogP contribution in [0.15, 0.2) is 42.5 Å². The minimum Gasteiger partial charge on any atom is -0.490 e. The molecule has 11 heteroatoms. The van der Waals surface area contributed by atoms with Gasteiger partial charge in [-0.25, -0.2) is 4.79 Å². The quantitative estimate of drug-likeness (QED) is 0.628. The van der Waals surface area contributed by atoms with E-state index in [2.05, 4.69) is 10.6 Å². The van der Waals surface area contributed by atoms with Gasteiger partial charge < -0.3 is 15.4 Å². The Hall–Kier alpha value is -3.42. The number of nitriles is 1. The summed E-state index contributed by atoms with van der Waals surface area (Å²) in [6.45, 7) is 0. The fourth-order valence-electron chi connectivity index (χ4n) is 2.98. The third kappa shape index (κ3) is 5.81. The van der Waals surface area contributed by atoms with Crippen molar-refractivity contribution in [1.82, 2.24) is 5.32 Å². The van der Waals surface area contributed by atoms with Gasteiger partial charge in [-0.05, 0) is 42.5 Å². The number of urea groups is 1. The number of ether oxygens (including phenoxy) is 1. The van der Waals surface area contributed by atoms with Crippen molar-refractivity contribution < 1.29 is 35.9 Å². The second kappa shape index (κ2) is 8.37. The topological polar surface area (TPSA) is 74.2 Å². The molecule has 0 heterocycles. The van der Waals surface area contributed by atoms with E-state index < -0.39 is 29.5 Å². The molecule has 1 aliphatic rings. The highest BCUT2D eigenvalue weighted by Gasteiger charge is 2.34. The Balaban J connectivity index is 1.50. The molecular formula is C20H15F6N3O2. The van der Waals surface area contributed by atoms with Gasteiger partial charge in [0.25, 0.3) is 0 Å². The molecule has 2 N–H and O–H groups in total. The zero-order valence-electron chi connectivity index (χ0n) is 15.6. The van der Waals surface area contributed by atoms with E-state index in [1.54, 1.807) is 6.07 Å². The van der Waals surface area contributed by atoms with E-state index in [9.17, 15) is 31.1 Å². The van der Waals surface area contributed by atoms with Crippen LogP contribution in [0.25, 0.3) is 0 Å². The Morgan fingerprint density at radius 2 is 1.58 bits per heavy atom. The highest BCUT2D eigenvalue weighted by Crippen LogP contribution is 2.33. The first-order valence-corrected chi connectivity index (χ1v) is 8.98. The molecule has 31 heavy (non-hydrogen) atoms. The Morgan fingerprint density at radius 3 is 2.13 bits per heavy atom. The van der Waals surface area contributed by atoms with Crippen molar-refractivity contribution in [3.63, 3.8) is 0 Å². The maximum absolute atomic E-state index is 12.9. The number of hydrogen-bond acceptors (Lipinski definition) is 3. The second-order valence-corrected chi connectivity index (χ2v) is 6.94. The molecule has 1 saturated carbocycles. The summed E-state index contributed by atoms with van der Waals surface area (Å²) >= 11 is 0. The van der Waals surface area contributed by atoms with Crippen LogP contribution in [-0.2, 0) is 12.4 Å². The maximum atomic E-state index is 12.9. The molecule has 1 fully saturated rings. The third-order valence-corrected chi connectivity index (χ3v) is 4.56. The van der Waals surface area contributed by atoms with E-state index in [0.29, 0.717) is 18.9 Å². The fourth-order valence-corrected chi connectivity index (χ4v) is 2.98. The number of nitrogens with zero attached hydrogens (tertiary/aromatic N) is 1. The summed E-state index contributed by atoms with van der Waals surface area (Å²) in [5, 5.41) is 13.7. The van der Waals surface area contributed by atoms with Crippen molar-refractivity contribution in [2.45, 2.75) is 37.3 Å². The average Bonchev–Trinajstić information content (AvgIpc) is 2.65. The third-order valence-electron chi connectivity index (χ3n) is 4.56. The summed E-state index contributed by atoms with van der Waals surface area (Å²) < 4.78 is 81.9. The Kier molecular flexibility index (Phi) is 6.01. The molecule has 0 saturated heterocycles. The van der Waals surface area contributed by atoms with Gasteiger partial charge in [0.05, 0.1) is 22.8 Å². The summed E-state index contributed by atoms with van der Waals surface area (Å²) in [5.41, 5.74) is -2.28. The fraction of sp³-hybridized carbons (Fsp3) is 0.300. The number of amides is 2. The summed E-state index contributed by atoms with van der Waals surface area (Å²) in [6, 6.07) is 7.27. The Morgan fingerprint density at radius 1 is 0.968 bits per heavy atom. The van der Waals surface area contributed by atoms with Gasteiger partial charge in [0, 0.05) is 24.6 Å². The van der Waals surface area contributed by atoms with Crippen LogP contribution in [0.3, 0.4) is 0 Å². The first-order valence-electron chi connectivity index (χ1n) is 8.98. The molecule has 0 bridgehead atoms. The molecule has 2 amide bonds. The van der Waals surface area contributed by atoms with Gasteiger partial charge in [0.1, 0.15) is 11.9 Å². The van der Waals surface area contributed by atoms with Gasteiger partial charge in [-0.15, -0.1) is 0 Å². The van der Waals surface area contributed by atoms with Crippen molar-refractivity contribution in [2.75, 3.05) is 5.32 Å². The van der Waals surface area contributed by atoms with Gasteiger partial charge in [0.15, 0.2) is 0 Å². The summed E-state index contributed by atoms with van der Waals surface area (Å²) in [5.74, 6) is 0.258. The Bertz CT molecular complexity index is 990. The first kappa shape index (κ1) is 22.3. The van der Waals surface area contributed by atoms with Crippen molar-refractivity contribution >= 4 is 11.7 Å². The molecule has 2 aromatic rings. The molecule has 0 aromatic heterocycles. The zero-order chi connectivity index (χ0) is 22.8. The number of nitrogens with one attached hydrogen (secondary N) is 2. The van der Waals surface area contributed by atoms with E-state index >= 15 is 0 Å². The van der Waals surface area contributed by atoms with Crippen LogP contribution < -0.4 is 15.4 Å². The van der Waals surface area contributed by atoms with Crippen LogP contribution in [0.2, 0.25) is 0 Å². The van der Waals surface area contributed by atoms with E-state index in [4.69, 9.17) is 10.00 Å². The smallest absolute Gasteiger partial charge is 0.416 e. The van der Waals surface area contributed by atoms with Crippen LogP contribution in [0.1, 0.15) is 29.5 Å². The van der Waals surface area contributed by atoms with Crippen LogP contribution >= 0.6 is 0 Å².